The number of rotatable bonds is 7. The Balaban J connectivity index is 0.000000639. The number of methoxy groups -OCH3 is 1. The van der Waals surface area contributed by atoms with Gasteiger partial charge in [0.1, 0.15) is 24.0 Å². The highest BCUT2D eigenvalue weighted by Gasteiger charge is 2.18. The predicted molar refractivity (Wildman–Crippen MR) is 118 cm³/mol. The zero-order valence-corrected chi connectivity index (χ0v) is 18.9. The lowest BCUT2D eigenvalue weighted by atomic mass is 10.1. The molecule has 1 atom stereocenters. The largest absolute Gasteiger partial charge is 0.497 e. The van der Waals surface area contributed by atoms with E-state index in [0.29, 0.717) is 12.2 Å². The molecule has 0 radical (unpaired) electrons. The summed E-state index contributed by atoms with van der Waals surface area (Å²) in [5.41, 5.74) is 3.14. The third-order valence-corrected chi connectivity index (χ3v) is 3.97. The zero-order chi connectivity index (χ0) is 23.8. The maximum absolute atomic E-state index is 11.1. The first-order valence-corrected chi connectivity index (χ1v) is 9.84. The van der Waals surface area contributed by atoms with Gasteiger partial charge in [-0.25, -0.2) is 5.48 Å². The van der Waals surface area contributed by atoms with Crippen molar-refractivity contribution in [3.8, 4) is 11.5 Å². The van der Waals surface area contributed by atoms with Crippen molar-refractivity contribution in [3.05, 3.63) is 59.7 Å². The monoisotopic (exact) mass is 432 g/mol. The Bertz CT molecular complexity index is 788. The van der Waals surface area contributed by atoms with Gasteiger partial charge >= 0.3 is 0 Å². The Morgan fingerprint density at radius 3 is 1.87 bits per heavy atom. The Morgan fingerprint density at radius 2 is 1.45 bits per heavy atom. The smallest absolute Gasteiger partial charge is 0.255 e. The second-order valence-corrected chi connectivity index (χ2v) is 6.03. The third kappa shape index (κ3) is 10.3. The van der Waals surface area contributed by atoms with Crippen molar-refractivity contribution in [2.24, 2.45) is 5.92 Å². The normalized spacial score (nSPS) is 10.2. The molecule has 2 amide bonds. The summed E-state index contributed by atoms with van der Waals surface area (Å²) in [4.78, 5) is 32.3. The molecule has 2 aromatic rings. The molecule has 0 aromatic heterocycles. The first-order chi connectivity index (χ1) is 14.8. The van der Waals surface area contributed by atoms with Gasteiger partial charge in [-0.3, -0.25) is 19.6 Å². The van der Waals surface area contributed by atoms with Crippen molar-refractivity contribution in [1.29, 1.82) is 0 Å². The highest BCUT2D eigenvalue weighted by molar-refractivity contribution is 5.99. The van der Waals surface area contributed by atoms with Gasteiger partial charge < -0.3 is 14.8 Å². The summed E-state index contributed by atoms with van der Waals surface area (Å²) in [6.07, 6.45) is 0. The van der Waals surface area contributed by atoms with E-state index in [1.807, 2.05) is 38.1 Å². The van der Waals surface area contributed by atoms with Gasteiger partial charge in [0, 0.05) is 12.6 Å². The van der Waals surface area contributed by atoms with Crippen LogP contribution in [0.4, 0.5) is 0 Å². The maximum Gasteiger partial charge on any atom is 0.255 e. The molecule has 0 fully saturated rings. The van der Waals surface area contributed by atoms with Gasteiger partial charge in [0.15, 0.2) is 5.78 Å². The Labute approximate surface area is 183 Å². The summed E-state index contributed by atoms with van der Waals surface area (Å²) < 4.78 is 10.7. The molecule has 170 valence electrons. The molecule has 2 rings (SSSR count). The van der Waals surface area contributed by atoms with Crippen LogP contribution in [-0.4, -0.2) is 37.0 Å². The number of carbonyl (C=O) groups is 3. The van der Waals surface area contributed by atoms with Crippen molar-refractivity contribution in [2.75, 3.05) is 14.2 Å². The standard InChI is InChI=1S/C16H16O3.C5H10N2O3.C2H6/c1-12(17)14-5-9-16(10-6-14)19-11-13-3-7-15(18-2)8-4-13;1-3(4(8)6-2)5(9)7-10;1-2/h3-10H,11H2,1-2H3;3,10H,1-2H3,(H,6,8)(H,7,9);1-2H3. The number of Topliss-reactive ketones (excluding diaryl/α,β-unsaturated/α-hetero) is 1. The molecule has 0 aliphatic heterocycles. The fourth-order valence-electron chi connectivity index (χ4n) is 2.11. The van der Waals surface area contributed by atoms with Gasteiger partial charge in [-0.1, -0.05) is 26.0 Å². The van der Waals surface area contributed by atoms with Gasteiger partial charge in [-0.15, -0.1) is 0 Å². The molecular weight excluding hydrogens is 400 g/mol. The minimum atomic E-state index is -0.852. The number of amides is 2. The third-order valence-electron chi connectivity index (χ3n) is 3.97. The zero-order valence-electron chi connectivity index (χ0n) is 18.9. The van der Waals surface area contributed by atoms with Crippen molar-refractivity contribution < 1.29 is 29.1 Å². The van der Waals surface area contributed by atoms with Gasteiger partial charge in [0.2, 0.25) is 5.91 Å². The molecule has 3 N–H and O–H groups in total. The van der Waals surface area contributed by atoms with Crippen LogP contribution < -0.4 is 20.3 Å². The lowest BCUT2D eigenvalue weighted by Gasteiger charge is -2.07. The van der Waals surface area contributed by atoms with E-state index in [4.69, 9.17) is 14.7 Å². The topological polar surface area (TPSA) is 114 Å². The molecular formula is C23H32N2O6. The summed E-state index contributed by atoms with van der Waals surface area (Å²) in [7, 11) is 3.06. The van der Waals surface area contributed by atoms with Crippen molar-refractivity contribution in [1.82, 2.24) is 10.8 Å². The highest BCUT2D eigenvalue weighted by Crippen LogP contribution is 2.16. The second kappa shape index (κ2) is 15.4. The van der Waals surface area contributed by atoms with E-state index < -0.39 is 17.7 Å². The molecule has 0 heterocycles. The van der Waals surface area contributed by atoms with E-state index in [2.05, 4.69) is 5.32 Å². The first-order valence-electron chi connectivity index (χ1n) is 9.84. The fourth-order valence-corrected chi connectivity index (χ4v) is 2.11. The second-order valence-electron chi connectivity index (χ2n) is 6.03. The molecule has 0 saturated heterocycles. The average molecular weight is 433 g/mol. The minimum Gasteiger partial charge on any atom is -0.497 e. The Hall–Kier alpha value is -3.39. The Morgan fingerprint density at radius 1 is 0.935 bits per heavy atom. The van der Waals surface area contributed by atoms with Crippen LogP contribution in [0, 0.1) is 5.92 Å². The molecule has 1 unspecified atom stereocenters. The van der Waals surface area contributed by atoms with Crippen molar-refractivity contribution in [3.63, 3.8) is 0 Å². The van der Waals surface area contributed by atoms with Crippen LogP contribution in [-0.2, 0) is 16.2 Å². The van der Waals surface area contributed by atoms with Gasteiger partial charge in [-0.2, -0.15) is 0 Å². The van der Waals surface area contributed by atoms with Crippen LogP contribution >= 0.6 is 0 Å². The predicted octanol–water partition coefficient (Wildman–Crippen LogP) is 3.38. The summed E-state index contributed by atoms with van der Waals surface area (Å²) in [5.74, 6) is -0.349. The molecule has 8 nitrogen and oxygen atoms in total. The summed E-state index contributed by atoms with van der Waals surface area (Å²) in [6, 6.07) is 14.9. The summed E-state index contributed by atoms with van der Waals surface area (Å²) in [5, 5.41) is 10.3. The number of hydroxylamine groups is 1. The SMILES string of the molecule is CC.CNC(=O)C(C)C(=O)NO.COc1ccc(COc2ccc(C(C)=O)cc2)cc1. The van der Waals surface area contributed by atoms with Gasteiger partial charge in [-0.05, 0) is 55.8 Å². The van der Waals surface area contributed by atoms with Crippen LogP contribution in [0.25, 0.3) is 0 Å². The number of ketones is 1. The van der Waals surface area contributed by atoms with E-state index >= 15 is 0 Å². The van der Waals surface area contributed by atoms with E-state index in [1.54, 1.807) is 38.3 Å². The molecule has 0 aliphatic rings. The molecule has 0 bridgehead atoms. The van der Waals surface area contributed by atoms with E-state index in [1.165, 1.54) is 19.5 Å². The highest BCUT2D eigenvalue weighted by atomic mass is 16.5. The Kier molecular flexibility index (Phi) is 13.8. The van der Waals surface area contributed by atoms with Crippen LogP contribution in [0.2, 0.25) is 0 Å². The van der Waals surface area contributed by atoms with Crippen LogP contribution in [0.5, 0.6) is 11.5 Å². The molecule has 0 spiro atoms. The number of ether oxygens (including phenoxy) is 2. The molecule has 2 aromatic carbocycles. The maximum atomic E-state index is 11.1. The van der Waals surface area contributed by atoms with Crippen LogP contribution in [0.3, 0.4) is 0 Å². The van der Waals surface area contributed by atoms with Crippen LogP contribution in [0.15, 0.2) is 48.5 Å². The number of benzene rings is 2. The molecule has 0 saturated carbocycles. The number of nitrogens with one attached hydrogen (secondary N) is 2. The van der Waals surface area contributed by atoms with Crippen molar-refractivity contribution >= 4 is 17.6 Å². The van der Waals surface area contributed by atoms with Gasteiger partial charge in [0.25, 0.3) is 5.91 Å². The molecule has 0 aliphatic carbocycles. The minimum absolute atomic E-state index is 0.0571. The average Bonchev–Trinajstić information content (AvgIpc) is 2.83. The number of carbonyl (C=O) groups excluding carboxylic acids is 3. The lowest BCUT2D eigenvalue weighted by molar-refractivity contribution is -0.139. The van der Waals surface area contributed by atoms with Gasteiger partial charge in [0.05, 0.1) is 7.11 Å². The summed E-state index contributed by atoms with van der Waals surface area (Å²) >= 11 is 0. The lowest BCUT2D eigenvalue weighted by Crippen LogP contribution is -2.36. The first kappa shape index (κ1) is 27.6. The van der Waals surface area contributed by atoms with E-state index in [0.717, 1.165) is 17.1 Å². The molecule has 31 heavy (non-hydrogen) atoms. The number of hydrogen-bond donors (Lipinski definition) is 3. The summed E-state index contributed by atoms with van der Waals surface area (Å²) in [6.45, 7) is 7.43. The van der Waals surface area contributed by atoms with Crippen LogP contribution in [0.1, 0.15) is 43.6 Å². The number of hydrogen-bond acceptors (Lipinski definition) is 6. The van der Waals surface area contributed by atoms with Crippen molar-refractivity contribution in [2.45, 2.75) is 34.3 Å². The quantitative estimate of drug-likeness (QED) is 0.267. The van der Waals surface area contributed by atoms with E-state index in [9.17, 15) is 14.4 Å². The molecule has 8 heteroatoms. The van der Waals surface area contributed by atoms with E-state index in [-0.39, 0.29) is 5.78 Å². The fraction of sp³-hybridized carbons (Fsp3) is 0.348.